The number of carbonyl (C=O) groups is 3. The van der Waals surface area contributed by atoms with Crippen LogP contribution in [-0.2, 0) is 22.4 Å². The maximum Gasteiger partial charge on any atom is 0.348 e. The molecule has 0 saturated heterocycles. The highest BCUT2D eigenvalue weighted by molar-refractivity contribution is 7.18. The standard InChI is InChI=1S/C21H24N2O5S/c1-4-27-19(24)16-13(3)17(20(25)28-5-2)29-18(16)22-21(26)23-11-10-14-8-6-7-9-15(14)12-23/h6-9H,4-5,10-12H2,1-3H3,(H,22,26). The summed E-state index contributed by atoms with van der Waals surface area (Å²) < 4.78 is 10.2. The van der Waals surface area contributed by atoms with Crippen LogP contribution in [0.2, 0.25) is 0 Å². The van der Waals surface area contributed by atoms with Gasteiger partial charge in [-0.25, -0.2) is 14.4 Å². The summed E-state index contributed by atoms with van der Waals surface area (Å²) in [4.78, 5) is 39.6. The van der Waals surface area contributed by atoms with Crippen LogP contribution in [-0.4, -0.2) is 42.6 Å². The van der Waals surface area contributed by atoms with Crippen molar-refractivity contribution in [3.63, 3.8) is 0 Å². The Morgan fingerprint density at radius 1 is 1.07 bits per heavy atom. The molecule has 0 fully saturated rings. The van der Waals surface area contributed by atoms with Crippen LogP contribution in [0.3, 0.4) is 0 Å². The van der Waals surface area contributed by atoms with Crippen molar-refractivity contribution in [3.8, 4) is 0 Å². The summed E-state index contributed by atoms with van der Waals surface area (Å²) in [7, 11) is 0. The highest BCUT2D eigenvalue weighted by Crippen LogP contribution is 2.35. The minimum absolute atomic E-state index is 0.194. The number of amides is 2. The number of benzene rings is 1. The van der Waals surface area contributed by atoms with Crippen molar-refractivity contribution in [1.29, 1.82) is 0 Å². The highest BCUT2D eigenvalue weighted by atomic mass is 32.1. The van der Waals surface area contributed by atoms with Gasteiger partial charge in [0.15, 0.2) is 0 Å². The lowest BCUT2D eigenvalue weighted by Gasteiger charge is -2.28. The van der Waals surface area contributed by atoms with Gasteiger partial charge < -0.3 is 14.4 Å². The van der Waals surface area contributed by atoms with E-state index >= 15 is 0 Å². The van der Waals surface area contributed by atoms with E-state index < -0.39 is 11.9 Å². The average Bonchev–Trinajstić information content (AvgIpc) is 3.04. The van der Waals surface area contributed by atoms with Gasteiger partial charge in [-0.05, 0) is 43.9 Å². The Labute approximate surface area is 173 Å². The smallest absolute Gasteiger partial charge is 0.348 e. The number of thiophene rings is 1. The van der Waals surface area contributed by atoms with E-state index in [2.05, 4.69) is 11.4 Å². The van der Waals surface area contributed by atoms with E-state index in [1.54, 1.807) is 25.7 Å². The van der Waals surface area contributed by atoms with Gasteiger partial charge in [0.1, 0.15) is 9.88 Å². The van der Waals surface area contributed by atoms with Gasteiger partial charge in [-0.3, -0.25) is 5.32 Å². The molecule has 1 aromatic carbocycles. The summed E-state index contributed by atoms with van der Waals surface area (Å²) in [6.45, 7) is 6.55. The summed E-state index contributed by atoms with van der Waals surface area (Å²) in [6.07, 6.45) is 0.770. The first-order valence-electron chi connectivity index (χ1n) is 9.56. The zero-order valence-electron chi connectivity index (χ0n) is 16.7. The van der Waals surface area contributed by atoms with Gasteiger partial charge in [0, 0.05) is 13.1 Å². The molecule has 1 aliphatic heterocycles. The summed E-state index contributed by atoms with van der Waals surface area (Å²) in [5.41, 5.74) is 2.99. The van der Waals surface area contributed by atoms with Crippen LogP contribution in [0.15, 0.2) is 24.3 Å². The Bertz CT molecular complexity index is 937. The van der Waals surface area contributed by atoms with Crippen molar-refractivity contribution < 1.29 is 23.9 Å². The number of hydrogen-bond acceptors (Lipinski definition) is 6. The summed E-state index contributed by atoms with van der Waals surface area (Å²) >= 11 is 1.03. The van der Waals surface area contributed by atoms with Gasteiger partial charge in [0.05, 0.1) is 18.8 Å². The number of fused-ring (bicyclic) bond motifs is 1. The van der Waals surface area contributed by atoms with Crippen LogP contribution in [0, 0.1) is 6.92 Å². The molecule has 0 saturated carbocycles. The molecule has 0 radical (unpaired) electrons. The molecule has 2 heterocycles. The van der Waals surface area contributed by atoms with E-state index in [0.29, 0.717) is 23.7 Å². The second-order valence-corrected chi connectivity index (χ2v) is 7.59. The zero-order valence-corrected chi connectivity index (χ0v) is 17.6. The third-order valence-electron chi connectivity index (χ3n) is 4.73. The lowest BCUT2D eigenvalue weighted by molar-refractivity contribution is 0.0527. The minimum Gasteiger partial charge on any atom is -0.462 e. The molecule has 2 aromatic rings. The van der Waals surface area contributed by atoms with Crippen LogP contribution in [0.5, 0.6) is 0 Å². The number of urea groups is 1. The number of hydrogen-bond donors (Lipinski definition) is 1. The maximum absolute atomic E-state index is 12.9. The molecule has 1 aromatic heterocycles. The summed E-state index contributed by atoms with van der Waals surface area (Å²) in [5.74, 6) is -1.09. The van der Waals surface area contributed by atoms with Crippen LogP contribution in [0.4, 0.5) is 9.80 Å². The fraction of sp³-hybridized carbons (Fsp3) is 0.381. The molecular formula is C21H24N2O5S. The van der Waals surface area contributed by atoms with Crippen LogP contribution < -0.4 is 5.32 Å². The fourth-order valence-corrected chi connectivity index (χ4v) is 4.37. The molecule has 7 nitrogen and oxygen atoms in total. The number of esters is 2. The van der Waals surface area contributed by atoms with Crippen molar-refractivity contribution >= 4 is 34.3 Å². The zero-order chi connectivity index (χ0) is 21.0. The van der Waals surface area contributed by atoms with Gasteiger partial charge in [-0.15, -0.1) is 11.3 Å². The Balaban J connectivity index is 1.85. The number of nitrogens with one attached hydrogen (secondary N) is 1. The highest BCUT2D eigenvalue weighted by Gasteiger charge is 2.29. The fourth-order valence-electron chi connectivity index (χ4n) is 3.29. The van der Waals surface area contributed by atoms with E-state index in [9.17, 15) is 14.4 Å². The first kappa shape index (κ1) is 20.9. The quantitative estimate of drug-likeness (QED) is 0.745. The minimum atomic E-state index is -0.573. The van der Waals surface area contributed by atoms with Gasteiger partial charge in [-0.2, -0.15) is 0 Å². The van der Waals surface area contributed by atoms with Crippen molar-refractivity contribution in [2.24, 2.45) is 0 Å². The number of anilines is 1. The Hall–Kier alpha value is -2.87. The van der Waals surface area contributed by atoms with E-state index in [4.69, 9.17) is 9.47 Å². The third kappa shape index (κ3) is 4.42. The normalized spacial score (nSPS) is 12.9. The first-order chi connectivity index (χ1) is 14.0. The second-order valence-electron chi connectivity index (χ2n) is 6.57. The molecule has 29 heavy (non-hydrogen) atoms. The van der Waals surface area contributed by atoms with Crippen molar-refractivity contribution in [2.45, 2.75) is 33.7 Å². The molecule has 8 heteroatoms. The maximum atomic E-state index is 12.9. The molecule has 0 atom stereocenters. The monoisotopic (exact) mass is 416 g/mol. The van der Waals surface area contributed by atoms with E-state index in [0.717, 1.165) is 23.3 Å². The number of nitrogens with zero attached hydrogens (tertiary/aromatic N) is 1. The molecule has 1 N–H and O–H groups in total. The molecule has 3 rings (SSSR count). The topological polar surface area (TPSA) is 84.9 Å². The molecule has 0 bridgehead atoms. The lowest BCUT2D eigenvalue weighted by atomic mass is 10.0. The molecule has 154 valence electrons. The first-order valence-corrected chi connectivity index (χ1v) is 10.4. The number of ether oxygens (including phenoxy) is 2. The lowest BCUT2D eigenvalue weighted by Crippen LogP contribution is -2.38. The van der Waals surface area contributed by atoms with Gasteiger partial charge in [-0.1, -0.05) is 24.3 Å². The van der Waals surface area contributed by atoms with E-state index in [1.807, 2.05) is 18.2 Å². The largest absolute Gasteiger partial charge is 0.462 e. The van der Waals surface area contributed by atoms with Crippen LogP contribution >= 0.6 is 11.3 Å². The molecule has 0 spiro atoms. The summed E-state index contributed by atoms with van der Waals surface area (Å²) in [5, 5.41) is 3.10. The predicted molar refractivity (Wildman–Crippen MR) is 111 cm³/mol. The van der Waals surface area contributed by atoms with Crippen molar-refractivity contribution in [2.75, 3.05) is 25.1 Å². The Morgan fingerprint density at radius 2 is 1.72 bits per heavy atom. The van der Waals surface area contributed by atoms with Crippen LogP contribution in [0.1, 0.15) is 50.6 Å². The molecular weight excluding hydrogens is 392 g/mol. The second kappa shape index (κ2) is 9.09. The van der Waals surface area contributed by atoms with Gasteiger partial charge in [0.2, 0.25) is 0 Å². The molecule has 0 unspecified atom stereocenters. The average molecular weight is 416 g/mol. The van der Waals surface area contributed by atoms with E-state index in [1.165, 1.54) is 5.56 Å². The van der Waals surface area contributed by atoms with Crippen molar-refractivity contribution in [3.05, 3.63) is 51.4 Å². The molecule has 2 amide bonds. The Kier molecular flexibility index (Phi) is 6.53. The van der Waals surface area contributed by atoms with E-state index in [-0.39, 0.29) is 29.7 Å². The number of carbonyl (C=O) groups excluding carboxylic acids is 3. The predicted octanol–water partition coefficient (Wildman–Crippen LogP) is 4.00. The van der Waals surface area contributed by atoms with Crippen molar-refractivity contribution in [1.82, 2.24) is 4.90 Å². The summed E-state index contributed by atoms with van der Waals surface area (Å²) in [6, 6.07) is 7.70. The third-order valence-corrected chi connectivity index (χ3v) is 5.91. The SMILES string of the molecule is CCOC(=O)c1sc(NC(=O)N2CCc3ccccc3C2)c(C(=O)OCC)c1C. The van der Waals surface area contributed by atoms with Crippen LogP contribution in [0.25, 0.3) is 0 Å². The van der Waals surface area contributed by atoms with Gasteiger partial charge >= 0.3 is 18.0 Å². The number of rotatable bonds is 5. The molecule has 1 aliphatic rings. The van der Waals surface area contributed by atoms with Gasteiger partial charge in [0.25, 0.3) is 0 Å². The Morgan fingerprint density at radius 3 is 2.41 bits per heavy atom. The molecule has 0 aliphatic carbocycles.